The Bertz CT molecular complexity index is 399. The Labute approximate surface area is 107 Å². The molecule has 1 heterocycles. The minimum Gasteiger partial charge on any atom is -0.478 e. The highest BCUT2D eigenvalue weighted by Crippen LogP contribution is 2.13. The second-order valence-corrected chi connectivity index (χ2v) is 4.85. The van der Waals surface area contributed by atoms with Gasteiger partial charge in [0.15, 0.2) is 5.69 Å². The molecule has 0 aliphatic heterocycles. The standard InChI is InChI=1S/C13H20N2O3/c1-13(2,3)18-12(16)10-6-4-7-11(15-10)17-9-5-8-14/h4,6-7H,5,8-9,14H2,1-3H3. The van der Waals surface area contributed by atoms with Crippen LogP contribution in [0.15, 0.2) is 18.2 Å². The summed E-state index contributed by atoms with van der Waals surface area (Å²) in [7, 11) is 0. The zero-order valence-corrected chi connectivity index (χ0v) is 11.1. The van der Waals surface area contributed by atoms with Crippen LogP contribution < -0.4 is 10.5 Å². The molecule has 100 valence electrons. The second kappa shape index (κ2) is 6.35. The lowest BCUT2D eigenvalue weighted by molar-refractivity contribution is 0.00618. The summed E-state index contributed by atoms with van der Waals surface area (Å²) in [5, 5.41) is 0. The third-order valence-corrected chi connectivity index (χ3v) is 1.93. The first-order valence-electron chi connectivity index (χ1n) is 5.95. The normalized spacial score (nSPS) is 11.1. The molecular weight excluding hydrogens is 232 g/mol. The molecule has 1 aromatic heterocycles. The molecule has 0 aliphatic carbocycles. The van der Waals surface area contributed by atoms with E-state index in [9.17, 15) is 4.79 Å². The van der Waals surface area contributed by atoms with Crippen LogP contribution in [-0.2, 0) is 4.74 Å². The zero-order chi connectivity index (χ0) is 13.6. The molecule has 5 heteroatoms. The van der Waals surface area contributed by atoms with Gasteiger partial charge in [0.25, 0.3) is 0 Å². The smallest absolute Gasteiger partial charge is 0.357 e. The number of nitrogens with zero attached hydrogens (tertiary/aromatic N) is 1. The molecule has 0 saturated heterocycles. The van der Waals surface area contributed by atoms with Crippen molar-refractivity contribution >= 4 is 5.97 Å². The molecule has 0 aromatic carbocycles. The summed E-state index contributed by atoms with van der Waals surface area (Å²) < 4.78 is 10.6. The van der Waals surface area contributed by atoms with Crippen molar-refractivity contribution in [2.45, 2.75) is 32.8 Å². The fraction of sp³-hybridized carbons (Fsp3) is 0.538. The summed E-state index contributed by atoms with van der Waals surface area (Å²) in [5.41, 5.74) is 5.08. The Morgan fingerprint density at radius 3 is 2.72 bits per heavy atom. The Hall–Kier alpha value is -1.62. The summed E-state index contributed by atoms with van der Waals surface area (Å²) in [4.78, 5) is 15.9. The van der Waals surface area contributed by atoms with Gasteiger partial charge in [-0.1, -0.05) is 6.07 Å². The van der Waals surface area contributed by atoms with E-state index in [0.29, 0.717) is 19.0 Å². The molecule has 0 fully saturated rings. The highest BCUT2D eigenvalue weighted by Gasteiger charge is 2.19. The summed E-state index contributed by atoms with van der Waals surface area (Å²) in [6.07, 6.45) is 0.748. The number of nitrogens with two attached hydrogens (primary N) is 1. The summed E-state index contributed by atoms with van der Waals surface area (Å²) in [6, 6.07) is 5.01. The van der Waals surface area contributed by atoms with Gasteiger partial charge >= 0.3 is 5.97 Å². The van der Waals surface area contributed by atoms with Gasteiger partial charge in [0.2, 0.25) is 5.88 Å². The van der Waals surface area contributed by atoms with Gasteiger partial charge in [-0.3, -0.25) is 0 Å². The molecular formula is C13H20N2O3. The Morgan fingerprint density at radius 2 is 2.11 bits per heavy atom. The highest BCUT2D eigenvalue weighted by atomic mass is 16.6. The van der Waals surface area contributed by atoms with E-state index in [2.05, 4.69) is 4.98 Å². The molecule has 0 spiro atoms. The van der Waals surface area contributed by atoms with E-state index in [1.165, 1.54) is 0 Å². The number of ether oxygens (including phenoxy) is 2. The largest absolute Gasteiger partial charge is 0.478 e. The maximum atomic E-state index is 11.8. The number of aromatic nitrogens is 1. The predicted octanol–water partition coefficient (Wildman–Crippen LogP) is 1.76. The number of hydrogen-bond acceptors (Lipinski definition) is 5. The van der Waals surface area contributed by atoms with Crippen molar-refractivity contribution in [1.29, 1.82) is 0 Å². The molecule has 0 radical (unpaired) electrons. The van der Waals surface area contributed by atoms with Crippen LogP contribution in [0.5, 0.6) is 5.88 Å². The van der Waals surface area contributed by atoms with E-state index in [1.54, 1.807) is 18.2 Å². The van der Waals surface area contributed by atoms with Crippen LogP contribution >= 0.6 is 0 Å². The third-order valence-electron chi connectivity index (χ3n) is 1.93. The molecule has 0 bridgehead atoms. The van der Waals surface area contributed by atoms with Gasteiger partial charge in [0.05, 0.1) is 6.61 Å². The molecule has 0 atom stereocenters. The van der Waals surface area contributed by atoms with Crippen molar-refractivity contribution in [3.8, 4) is 5.88 Å². The zero-order valence-electron chi connectivity index (χ0n) is 11.1. The van der Waals surface area contributed by atoms with Crippen molar-refractivity contribution in [3.05, 3.63) is 23.9 Å². The van der Waals surface area contributed by atoms with Crippen LogP contribution in [0.4, 0.5) is 0 Å². The lowest BCUT2D eigenvalue weighted by Crippen LogP contribution is -2.24. The predicted molar refractivity (Wildman–Crippen MR) is 68.6 cm³/mol. The fourth-order valence-electron chi connectivity index (χ4n) is 1.20. The summed E-state index contributed by atoms with van der Waals surface area (Å²) in [6.45, 7) is 6.48. The SMILES string of the molecule is CC(C)(C)OC(=O)c1cccc(OCCCN)n1. The molecule has 2 N–H and O–H groups in total. The number of hydrogen-bond donors (Lipinski definition) is 1. The van der Waals surface area contributed by atoms with E-state index < -0.39 is 11.6 Å². The quantitative estimate of drug-likeness (QED) is 0.638. The van der Waals surface area contributed by atoms with Crippen LogP contribution in [0.25, 0.3) is 0 Å². The number of esters is 1. The molecule has 18 heavy (non-hydrogen) atoms. The van der Waals surface area contributed by atoms with Crippen molar-refractivity contribution < 1.29 is 14.3 Å². The number of carbonyl (C=O) groups is 1. The van der Waals surface area contributed by atoms with E-state index in [0.717, 1.165) is 6.42 Å². The van der Waals surface area contributed by atoms with Crippen molar-refractivity contribution in [2.24, 2.45) is 5.73 Å². The molecule has 0 amide bonds. The monoisotopic (exact) mass is 252 g/mol. The van der Waals surface area contributed by atoms with Gasteiger partial charge in [-0.25, -0.2) is 9.78 Å². The van der Waals surface area contributed by atoms with E-state index in [4.69, 9.17) is 15.2 Å². The Morgan fingerprint density at radius 1 is 1.39 bits per heavy atom. The molecule has 1 rings (SSSR count). The summed E-state index contributed by atoms with van der Waals surface area (Å²) >= 11 is 0. The minimum atomic E-state index is -0.533. The highest BCUT2D eigenvalue weighted by molar-refractivity contribution is 5.87. The van der Waals surface area contributed by atoms with Gasteiger partial charge in [-0.2, -0.15) is 0 Å². The van der Waals surface area contributed by atoms with E-state index >= 15 is 0 Å². The van der Waals surface area contributed by atoms with Gasteiger partial charge in [0, 0.05) is 6.07 Å². The van der Waals surface area contributed by atoms with Crippen molar-refractivity contribution in [2.75, 3.05) is 13.2 Å². The topological polar surface area (TPSA) is 74.4 Å². The molecule has 0 aliphatic rings. The van der Waals surface area contributed by atoms with E-state index in [1.807, 2.05) is 20.8 Å². The van der Waals surface area contributed by atoms with Gasteiger partial charge < -0.3 is 15.2 Å². The first-order valence-corrected chi connectivity index (χ1v) is 5.95. The average molecular weight is 252 g/mol. The first-order chi connectivity index (χ1) is 8.42. The van der Waals surface area contributed by atoms with E-state index in [-0.39, 0.29) is 5.69 Å². The Kier molecular flexibility index (Phi) is 5.09. The second-order valence-electron chi connectivity index (χ2n) is 4.85. The van der Waals surface area contributed by atoms with Gasteiger partial charge in [-0.15, -0.1) is 0 Å². The Balaban J connectivity index is 2.66. The lowest BCUT2D eigenvalue weighted by atomic mass is 10.2. The van der Waals surface area contributed by atoms with Crippen LogP contribution in [-0.4, -0.2) is 29.7 Å². The third kappa shape index (κ3) is 5.14. The van der Waals surface area contributed by atoms with Crippen molar-refractivity contribution in [1.82, 2.24) is 4.98 Å². The molecule has 1 aromatic rings. The first kappa shape index (κ1) is 14.4. The molecule has 0 unspecified atom stereocenters. The lowest BCUT2D eigenvalue weighted by Gasteiger charge is -2.19. The van der Waals surface area contributed by atoms with Crippen LogP contribution in [0.3, 0.4) is 0 Å². The van der Waals surface area contributed by atoms with Gasteiger partial charge in [0.1, 0.15) is 5.60 Å². The minimum absolute atomic E-state index is 0.246. The number of pyridine rings is 1. The molecule has 0 saturated carbocycles. The maximum absolute atomic E-state index is 11.8. The fourth-order valence-corrected chi connectivity index (χ4v) is 1.20. The average Bonchev–Trinajstić information content (AvgIpc) is 2.27. The number of carbonyl (C=O) groups excluding carboxylic acids is 1. The van der Waals surface area contributed by atoms with Gasteiger partial charge in [-0.05, 0) is 39.8 Å². The molecule has 5 nitrogen and oxygen atoms in total. The van der Waals surface area contributed by atoms with Crippen LogP contribution in [0.1, 0.15) is 37.7 Å². The van der Waals surface area contributed by atoms with Crippen LogP contribution in [0.2, 0.25) is 0 Å². The number of rotatable bonds is 5. The maximum Gasteiger partial charge on any atom is 0.357 e. The van der Waals surface area contributed by atoms with Crippen LogP contribution in [0, 0.1) is 0 Å². The van der Waals surface area contributed by atoms with Crippen molar-refractivity contribution in [3.63, 3.8) is 0 Å². The summed E-state index contributed by atoms with van der Waals surface area (Å²) in [5.74, 6) is -0.0430.